The van der Waals surface area contributed by atoms with E-state index in [1.54, 1.807) is 42.1 Å². The number of fused-ring (bicyclic) bond motifs is 1. The molecule has 0 aliphatic carbocycles. The van der Waals surface area contributed by atoms with E-state index < -0.39 is 6.10 Å². The summed E-state index contributed by atoms with van der Waals surface area (Å²) in [6.45, 7) is 1.44. The molecule has 5 heterocycles. The summed E-state index contributed by atoms with van der Waals surface area (Å²) < 4.78 is 1.94. The zero-order valence-electron chi connectivity index (χ0n) is 16.9. The molecule has 4 aromatic heterocycles. The third-order valence-electron chi connectivity index (χ3n) is 5.72. The number of imidazole rings is 1. The van der Waals surface area contributed by atoms with Crippen LogP contribution in [0.4, 0.5) is 0 Å². The minimum absolute atomic E-state index is 0.00160. The molecule has 1 saturated heterocycles. The number of likely N-dealkylation sites (tertiary alicyclic amines) is 1. The zero-order valence-corrected chi connectivity index (χ0v) is 16.9. The van der Waals surface area contributed by atoms with Gasteiger partial charge in [-0.25, -0.2) is 9.97 Å². The lowest BCUT2D eigenvalue weighted by molar-refractivity contribution is 0.0764. The third kappa shape index (κ3) is 4.02. The molecule has 2 atom stereocenters. The number of amides is 1. The molecule has 5 rings (SSSR count). The Hall–Kier alpha value is -3.65. The first-order valence-electron chi connectivity index (χ1n) is 10.2. The van der Waals surface area contributed by atoms with Crippen LogP contribution in [0.15, 0.2) is 67.6 Å². The molecule has 0 radical (unpaired) electrons. The van der Waals surface area contributed by atoms with Crippen molar-refractivity contribution in [1.29, 1.82) is 0 Å². The Labute approximate surface area is 179 Å². The second-order valence-corrected chi connectivity index (χ2v) is 7.90. The van der Waals surface area contributed by atoms with E-state index in [2.05, 4.69) is 19.9 Å². The van der Waals surface area contributed by atoms with E-state index in [1.165, 1.54) is 0 Å². The van der Waals surface area contributed by atoms with Crippen LogP contribution in [0.1, 0.15) is 21.5 Å². The number of aliphatic hydroxyl groups excluding tert-OH is 1. The monoisotopic (exact) mass is 414 g/mol. The molecular weight excluding hydrogens is 392 g/mol. The molecule has 0 spiro atoms. The van der Waals surface area contributed by atoms with E-state index in [1.807, 2.05) is 35.0 Å². The Kier molecular flexibility index (Phi) is 5.13. The number of hydrogen-bond acceptors (Lipinski definition) is 6. The quantitative estimate of drug-likeness (QED) is 0.536. The highest BCUT2D eigenvalue weighted by molar-refractivity contribution is 5.96. The third-order valence-corrected chi connectivity index (χ3v) is 5.72. The summed E-state index contributed by atoms with van der Waals surface area (Å²) >= 11 is 0. The number of nitrogens with zero attached hydrogens (tertiary/aromatic N) is 6. The van der Waals surface area contributed by atoms with Crippen molar-refractivity contribution in [2.24, 2.45) is 5.92 Å². The first-order valence-corrected chi connectivity index (χ1v) is 10.2. The van der Waals surface area contributed by atoms with Crippen molar-refractivity contribution in [1.82, 2.24) is 29.4 Å². The molecule has 0 saturated carbocycles. The maximum absolute atomic E-state index is 13.1. The van der Waals surface area contributed by atoms with Crippen molar-refractivity contribution in [2.45, 2.75) is 19.1 Å². The van der Waals surface area contributed by atoms with Crippen LogP contribution in [0.2, 0.25) is 0 Å². The smallest absolute Gasteiger partial charge is 0.255 e. The Balaban J connectivity index is 1.31. The minimum Gasteiger partial charge on any atom is -0.391 e. The lowest BCUT2D eigenvalue weighted by Crippen LogP contribution is -2.29. The van der Waals surface area contributed by atoms with Gasteiger partial charge < -0.3 is 14.6 Å². The standard InChI is InChI=1S/C23H22N6O2/c30-21-14-28(13-19(21)8-16-3-6-24-7-4-16)23(31)18-9-20-22(26-11-18)29(15-27-20)12-17-2-1-5-25-10-17/h1-7,9-11,15,19,21,30H,8,12-14H2/t19-,21+/m1/s1. The van der Waals surface area contributed by atoms with Crippen molar-refractivity contribution in [2.75, 3.05) is 13.1 Å². The van der Waals surface area contributed by atoms with Crippen molar-refractivity contribution in [3.8, 4) is 0 Å². The highest BCUT2D eigenvalue weighted by atomic mass is 16.3. The molecule has 1 N–H and O–H groups in total. The Morgan fingerprint density at radius 1 is 1.03 bits per heavy atom. The zero-order chi connectivity index (χ0) is 21.2. The van der Waals surface area contributed by atoms with Crippen LogP contribution in [-0.2, 0) is 13.0 Å². The highest BCUT2D eigenvalue weighted by Crippen LogP contribution is 2.24. The van der Waals surface area contributed by atoms with Crippen molar-refractivity contribution < 1.29 is 9.90 Å². The van der Waals surface area contributed by atoms with Crippen molar-refractivity contribution >= 4 is 17.1 Å². The van der Waals surface area contributed by atoms with Crippen LogP contribution >= 0.6 is 0 Å². The number of hydrogen-bond donors (Lipinski definition) is 1. The number of carbonyl (C=O) groups is 1. The normalized spacial score (nSPS) is 18.5. The van der Waals surface area contributed by atoms with E-state index in [-0.39, 0.29) is 11.8 Å². The van der Waals surface area contributed by atoms with E-state index in [9.17, 15) is 9.90 Å². The molecule has 8 heteroatoms. The van der Waals surface area contributed by atoms with E-state index >= 15 is 0 Å². The van der Waals surface area contributed by atoms with Crippen LogP contribution in [-0.4, -0.2) is 59.6 Å². The topological polar surface area (TPSA) is 97.0 Å². The molecule has 8 nitrogen and oxygen atoms in total. The van der Waals surface area contributed by atoms with Crippen LogP contribution in [0.25, 0.3) is 11.2 Å². The molecule has 1 amide bonds. The lowest BCUT2D eigenvalue weighted by atomic mass is 9.97. The van der Waals surface area contributed by atoms with Gasteiger partial charge in [-0.1, -0.05) is 6.07 Å². The summed E-state index contributed by atoms with van der Waals surface area (Å²) in [6.07, 6.45) is 10.5. The van der Waals surface area contributed by atoms with Crippen LogP contribution in [0.5, 0.6) is 0 Å². The highest BCUT2D eigenvalue weighted by Gasteiger charge is 2.34. The summed E-state index contributed by atoms with van der Waals surface area (Å²) in [7, 11) is 0. The summed E-state index contributed by atoms with van der Waals surface area (Å²) in [5.41, 5.74) is 4.03. The predicted molar refractivity (Wildman–Crippen MR) is 114 cm³/mol. The van der Waals surface area contributed by atoms with Gasteiger partial charge in [0.2, 0.25) is 0 Å². The number of carbonyl (C=O) groups excluding carboxylic acids is 1. The maximum atomic E-state index is 13.1. The molecule has 0 aromatic carbocycles. The molecule has 31 heavy (non-hydrogen) atoms. The molecule has 1 aliphatic rings. The first kappa shape index (κ1) is 19.3. The predicted octanol–water partition coefficient (Wildman–Crippen LogP) is 1.95. The largest absolute Gasteiger partial charge is 0.391 e. The molecular formula is C23H22N6O2. The number of β-amino-alcohol motifs (C(OH)–C–C–N with tert-alkyl or cyclic N) is 1. The average Bonchev–Trinajstić information content (AvgIpc) is 3.37. The maximum Gasteiger partial charge on any atom is 0.255 e. The Morgan fingerprint density at radius 2 is 1.90 bits per heavy atom. The molecule has 1 fully saturated rings. The molecule has 0 bridgehead atoms. The second-order valence-electron chi connectivity index (χ2n) is 7.90. The SMILES string of the molecule is O=C(c1cnc2c(c1)ncn2Cc1cccnc1)N1C[C@@H](Cc2ccncc2)[C@@H](O)C1. The van der Waals surface area contributed by atoms with Gasteiger partial charge in [-0.3, -0.25) is 14.8 Å². The Morgan fingerprint density at radius 3 is 2.71 bits per heavy atom. The van der Waals surface area contributed by atoms with Gasteiger partial charge in [-0.05, 0) is 41.8 Å². The Bertz CT molecular complexity index is 1190. The summed E-state index contributed by atoms with van der Waals surface area (Å²) in [5.74, 6) is -0.130. The summed E-state index contributed by atoms with van der Waals surface area (Å²) in [6, 6.07) is 9.55. The van der Waals surface area contributed by atoms with Crippen molar-refractivity contribution in [3.05, 3.63) is 84.3 Å². The van der Waals surface area contributed by atoms with Gasteiger partial charge in [0.05, 0.1) is 24.5 Å². The first-order chi connectivity index (χ1) is 15.2. The number of rotatable bonds is 5. The van der Waals surface area contributed by atoms with Crippen LogP contribution < -0.4 is 0 Å². The van der Waals surface area contributed by atoms with Crippen LogP contribution in [0, 0.1) is 5.92 Å². The number of pyridine rings is 3. The minimum atomic E-state index is -0.549. The lowest BCUT2D eigenvalue weighted by Gasteiger charge is -2.16. The molecule has 156 valence electrons. The van der Waals surface area contributed by atoms with Gasteiger partial charge in [-0.2, -0.15) is 0 Å². The molecule has 4 aromatic rings. The van der Waals surface area contributed by atoms with Gasteiger partial charge in [0.15, 0.2) is 5.65 Å². The molecule has 0 unspecified atom stereocenters. The average molecular weight is 414 g/mol. The van der Waals surface area contributed by atoms with Gasteiger partial charge in [0, 0.05) is 50.0 Å². The number of aromatic nitrogens is 5. The summed E-state index contributed by atoms with van der Waals surface area (Å²) in [4.78, 5) is 31.8. The second kappa shape index (κ2) is 8.23. The van der Waals surface area contributed by atoms with E-state index in [0.29, 0.717) is 37.1 Å². The fraction of sp³-hybridized carbons (Fsp3) is 0.261. The van der Waals surface area contributed by atoms with Gasteiger partial charge >= 0.3 is 0 Å². The van der Waals surface area contributed by atoms with Gasteiger partial charge in [0.1, 0.15) is 5.52 Å². The fourth-order valence-corrected chi connectivity index (χ4v) is 4.09. The fourth-order valence-electron chi connectivity index (χ4n) is 4.09. The van der Waals surface area contributed by atoms with Crippen molar-refractivity contribution in [3.63, 3.8) is 0 Å². The number of aliphatic hydroxyl groups is 1. The summed E-state index contributed by atoms with van der Waals surface area (Å²) in [5, 5.41) is 10.5. The van der Waals surface area contributed by atoms with E-state index in [0.717, 1.165) is 16.8 Å². The van der Waals surface area contributed by atoms with Gasteiger partial charge in [-0.15, -0.1) is 0 Å². The van der Waals surface area contributed by atoms with Crippen LogP contribution in [0.3, 0.4) is 0 Å². The molecule has 1 aliphatic heterocycles. The van der Waals surface area contributed by atoms with E-state index in [4.69, 9.17) is 0 Å². The van der Waals surface area contributed by atoms with Gasteiger partial charge in [0.25, 0.3) is 5.91 Å².